The SMILES string of the molecule is Cc1cccc(C)c1-c1nc2c3c(cc4c5ccccc5n(-c5nc(-c6ccccc6)ccc5-c5ccccc5)c42)B2c4c(cccc4-n4c(-c5c(C)cccc5C)nc5c4c2cc2c4ccccc4n(-c4nc(-c6ccccc6)ccc4-c4ccccc4)c25)-n13. The second kappa shape index (κ2) is 19.4. The van der Waals surface area contributed by atoms with Gasteiger partial charge in [-0.25, -0.2) is 19.9 Å². The highest BCUT2D eigenvalue weighted by Crippen LogP contribution is 2.47. The largest absolute Gasteiger partial charge is 0.293 e. The summed E-state index contributed by atoms with van der Waals surface area (Å²) in [6.07, 6.45) is 0. The van der Waals surface area contributed by atoms with E-state index in [0.29, 0.717) is 0 Å². The van der Waals surface area contributed by atoms with Crippen molar-refractivity contribution < 1.29 is 0 Å². The van der Waals surface area contributed by atoms with Crippen LogP contribution in [0, 0.1) is 27.7 Å². The van der Waals surface area contributed by atoms with Gasteiger partial charge >= 0.3 is 0 Å². The summed E-state index contributed by atoms with van der Waals surface area (Å²) in [5.41, 5.74) is 29.0. The summed E-state index contributed by atoms with van der Waals surface area (Å²) in [5, 5.41) is 4.49. The van der Waals surface area contributed by atoms with Gasteiger partial charge < -0.3 is 0 Å². The molecule has 2 aliphatic heterocycles. The molecule has 0 aliphatic carbocycles. The normalized spacial score (nSPS) is 12.4. The van der Waals surface area contributed by atoms with Crippen molar-refractivity contribution >= 4 is 88.8 Å². The molecule has 0 amide bonds. The fourth-order valence-corrected chi connectivity index (χ4v) is 15.6. The van der Waals surface area contributed by atoms with Crippen LogP contribution in [0.4, 0.5) is 0 Å². The molecule has 0 bridgehead atoms. The van der Waals surface area contributed by atoms with Crippen LogP contribution in [0.3, 0.4) is 0 Å². The Bertz CT molecular complexity index is 5530. The molecule has 11 aromatic carbocycles. The quantitative estimate of drug-likeness (QED) is 0.142. The Labute approximate surface area is 525 Å². The minimum absolute atomic E-state index is 0.252. The van der Waals surface area contributed by atoms with E-state index in [4.69, 9.17) is 19.9 Å². The maximum absolute atomic E-state index is 6.14. The lowest BCUT2D eigenvalue weighted by Crippen LogP contribution is -2.59. The minimum Gasteiger partial charge on any atom is -0.293 e. The Morgan fingerprint density at radius 1 is 0.297 bits per heavy atom. The van der Waals surface area contributed by atoms with Crippen molar-refractivity contribution in [1.29, 1.82) is 0 Å². The first kappa shape index (κ1) is 51.4. The first-order valence-electron chi connectivity index (χ1n) is 31.3. The first-order chi connectivity index (χ1) is 44.9. The van der Waals surface area contributed by atoms with E-state index >= 15 is 0 Å². The summed E-state index contributed by atoms with van der Waals surface area (Å²) in [6.45, 7) is 8.66. The van der Waals surface area contributed by atoms with E-state index in [1.54, 1.807) is 0 Å². The van der Waals surface area contributed by atoms with Crippen LogP contribution in [0.25, 0.3) is 156 Å². The first-order valence-corrected chi connectivity index (χ1v) is 31.3. The molecule has 2 aliphatic rings. The van der Waals surface area contributed by atoms with Gasteiger partial charge in [0, 0.05) is 66.3 Å². The zero-order valence-corrected chi connectivity index (χ0v) is 50.5. The fourth-order valence-electron chi connectivity index (χ4n) is 15.6. The van der Waals surface area contributed by atoms with Crippen molar-refractivity contribution in [1.82, 2.24) is 38.2 Å². The van der Waals surface area contributed by atoms with E-state index in [-0.39, 0.29) is 6.71 Å². The lowest BCUT2D eigenvalue weighted by atomic mass is 9.34. The number of hydrogen-bond donors (Lipinski definition) is 0. The molecular formula is C82H55BN8. The highest BCUT2D eigenvalue weighted by molar-refractivity contribution is 7.00. The van der Waals surface area contributed by atoms with Crippen molar-refractivity contribution in [2.45, 2.75) is 27.7 Å². The van der Waals surface area contributed by atoms with Gasteiger partial charge in [0.15, 0.2) is 0 Å². The number of benzene rings is 11. The Kier molecular flexibility index (Phi) is 11.0. The molecule has 0 fully saturated rings. The van der Waals surface area contributed by atoms with Crippen LogP contribution in [0.1, 0.15) is 22.3 Å². The third-order valence-corrected chi connectivity index (χ3v) is 19.5. The molecule has 8 nitrogen and oxygen atoms in total. The molecule has 17 aromatic rings. The maximum Gasteiger partial charge on any atom is 0.252 e. The number of imidazole rings is 2. The second-order valence-corrected chi connectivity index (χ2v) is 24.6. The molecule has 19 rings (SSSR count). The van der Waals surface area contributed by atoms with E-state index in [9.17, 15) is 0 Å². The molecule has 0 saturated heterocycles. The average Bonchev–Trinajstić information content (AvgIpc) is 1.56. The topological polar surface area (TPSA) is 71.3 Å². The summed E-state index contributed by atoms with van der Waals surface area (Å²) >= 11 is 0. The molecule has 426 valence electrons. The summed E-state index contributed by atoms with van der Waals surface area (Å²) in [5.74, 6) is 3.51. The third kappa shape index (κ3) is 7.28. The van der Waals surface area contributed by atoms with Gasteiger partial charge in [-0.1, -0.05) is 212 Å². The number of fused-ring (bicyclic) bond motifs is 12. The number of aromatic nitrogens is 8. The van der Waals surface area contributed by atoms with Crippen LogP contribution in [-0.4, -0.2) is 44.9 Å². The molecule has 0 saturated carbocycles. The molecule has 0 spiro atoms. The van der Waals surface area contributed by atoms with Crippen LogP contribution in [0.5, 0.6) is 0 Å². The van der Waals surface area contributed by atoms with Crippen molar-refractivity contribution in [2.75, 3.05) is 0 Å². The van der Waals surface area contributed by atoms with E-state index in [2.05, 4.69) is 307 Å². The molecular weight excluding hydrogens is 1110 g/mol. The molecule has 0 N–H and O–H groups in total. The van der Waals surface area contributed by atoms with Crippen LogP contribution in [0.2, 0.25) is 0 Å². The highest BCUT2D eigenvalue weighted by atomic mass is 15.2. The Balaban J connectivity index is 0.986. The summed E-state index contributed by atoms with van der Waals surface area (Å²) in [6, 6.07) is 94.3. The van der Waals surface area contributed by atoms with E-state index in [1.165, 1.54) is 16.4 Å². The van der Waals surface area contributed by atoms with Gasteiger partial charge in [-0.3, -0.25) is 18.3 Å². The Hall–Kier alpha value is -11.7. The molecule has 6 aromatic heterocycles. The number of rotatable bonds is 8. The van der Waals surface area contributed by atoms with Crippen LogP contribution >= 0.6 is 0 Å². The summed E-state index contributed by atoms with van der Waals surface area (Å²) in [4.78, 5) is 23.8. The van der Waals surface area contributed by atoms with Crippen LogP contribution < -0.4 is 16.4 Å². The maximum atomic E-state index is 6.14. The summed E-state index contributed by atoms with van der Waals surface area (Å²) < 4.78 is 9.88. The van der Waals surface area contributed by atoms with Crippen LogP contribution in [-0.2, 0) is 0 Å². The standard InChI is InChI=1S/C82H55BN8/c1-48-24-21-25-49(2)70(48)81-86-73-75-60(58-36-17-19-38-66(58)88(75)79-56(52-28-9-5-10-29-52)42-44-64(84-79)54-32-13-7-14-33-54)46-62-77(73)90(81)68-40-23-41-69-72(68)83(62)63-47-61-59-37-18-20-39-67(59)89(76(61)74-78(63)91(69)82(87-74)71-50(3)26-22-27-51(71)4)80-57(53-30-11-6-12-31-53)43-45-65(85-80)55-34-15-8-16-35-55/h5-47H,1-4H3. The van der Waals surface area contributed by atoms with Gasteiger partial charge in [0.05, 0.1) is 44.5 Å². The monoisotopic (exact) mass is 1160 g/mol. The zero-order valence-electron chi connectivity index (χ0n) is 50.5. The minimum atomic E-state index is -0.252. The van der Waals surface area contributed by atoms with Gasteiger partial charge in [0.2, 0.25) is 0 Å². The van der Waals surface area contributed by atoms with Crippen LogP contribution in [0.15, 0.2) is 261 Å². The van der Waals surface area contributed by atoms with Crippen molar-refractivity contribution in [3.05, 3.63) is 283 Å². The van der Waals surface area contributed by atoms with Crippen molar-refractivity contribution in [3.8, 4) is 90.6 Å². The van der Waals surface area contributed by atoms with Gasteiger partial charge in [-0.2, -0.15) is 0 Å². The van der Waals surface area contributed by atoms with E-state index in [0.717, 1.165) is 178 Å². The molecule has 91 heavy (non-hydrogen) atoms. The van der Waals surface area contributed by atoms with E-state index in [1.807, 2.05) is 0 Å². The lowest BCUT2D eigenvalue weighted by Gasteiger charge is -2.34. The summed E-state index contributed by atoms with van der Waals surface area (Å²) in [7, 11) is 0. The molecule has 0 atom stereocenters. The molecule has 0 radical (unpaired) electrons. The molecule has 9 heteroatoms. The number of para-hydroxylation sites is 2. The number of aryl methyl sites for hydroxylation is 4. The predicted octanol–water partition coefficient (Wildman–Crippen LogP) is 17.7. The second-order valence-electron chi connectivity index (χ2n) is 24.6. The average molecular weight is 1160 g/mol. The highest BCUT2D eigenvalue weighted by Gasteiger charge is 2.44. The van der Waals surface area contributed by atoms with Crippen molar-refractivity contribution in [3.63, 3.8) is 0 Å². The van der Waals surface area contributed by atoms with Gasteiger partial charge in [0.1, 0.15) is 34.3 Å². The number of nitrogens with zero attached hydrogens (tertiary/aromatic N) is 8. The number of hydrogen-bond acceptors (Lipinski definition) is 4. The van der Waals surface area contributed by atoms with E-state index < -0.39 is 0 Å². The fraction of sp³-hybridized carbons (Fsp3) is 0.0488. The zero-order chi connectivity index (χ0) is 60.3. The third-order valence-electron chi connectivity index (χ3n) is 19.5. The lowest BCUT2D eigenvalue weighted by molar-refractivity contribution is 1.07. The molecule has 8 heterocycles. The Morgan fingerprint density at radius 2 is 0.659 bits per heavy atom. The molecule has 0 unspecified atom stereocenters. The van der Waals surface area contributed by atoms with Crippen molar-refractivity contribution in [2.24, 2.45) is 0 Å². The predicted molar refractivity (Wildman–Crippen MR) is 376 cm³/mol. The smallest absolute Gasteiger partial charge is 0.252 e. The van der Waals surface area contributed by atoms with Gasteiger partial charge in [-0.05, 0) is 126 Å². The van der Waals surface area contributed by atoms with Gasteiger partial charge in [-0.15, -0.1) is 0 Å². The van der Waals surface area contributed by atoms with Gasteiger partial charge in [0.25, 0.3) is 6.71 Å². The number of pyridine rings is 2. The Morgan fingerprint density at radius 3 is 1.07 bits per heavy atom.